The summed E-state index contributed by atoms with van der Waals surface area (Å²) in [6.07, 6.45) is -1.94. The summed E-state index contributed by atoms with van der Waals surface area (Å²) in [5.41, 5.74) is 3.81. The lowest BCUT2D eigenvalue weighted by Crippen LogP contribution is -2.46. The van der Waals surface area contributed by atoms with E-state index in [4.69, 9.17) is 9.29 Å². The van der Waals surface area contributed by atoms with Gasteiger partial charge in [0.2, 0.25) is 0 Å². The number of carbonyl (C=O) groups is 3. The van der Waals surface area contributed by atoms with Gasteiger partial charge in [0.15, 0.2) is 5.78 Å². The van der Waals surface area contributed by atoms with Gasteiger partial charge in [-0.05, 0) is 29.2 Å². The van der Waals surface area contributed by atoms with Crippen LogP contribution in [0, 0.1) is 5.92 Å². The number of hydrogen-bond donors (Lipinski definition) is 3. The van der Waals surface area contributed by atoms with Crippen molar-refractivity contribution < 1.29 is 45.1 Å². The van der Waals surface area contributed by atoms with E-state index in [1.54, 1.807) is 0 Å². The Hall–Kier alpha value is -3.13. The minimum atomic E-state index is -4.76. The van der Waals surface area contributed by atoms with Gasteiger partial charge in [-0.15, -0.1) is 0 Å². The first-order chi connectivity index (χ1) is 16.7. The Morgan fingerprint density at radius 1 is 0.889 bits per heavy atom. The summed E-state index contributed by atoms with van der Waals surface area (Å²) in [5, 5.41) is 2.08. The summed E-state index contributed by atoms with van der Waals surface area (Å²) >= 11 is 0. The topological polar surface area (TPSA) is 181 Å². The zero-order chi connectivity index (χ0) is 26.7. The normalized spacial score (nSPS) is 14.9. The molecule has 0 aliphatic heterocycles. The van der Waals surface area contributed by atoms with E-state index in [0.717, 1.165) is 29.2 Å². The van der Waals surface area contributed by atoms with Crippen LogP contribution in [0.5, 0.6) is 0 Å². The minimum absolute atomic E-state index is 0.133. The van der Waals surface area contributed by atoms with Crippen molar-refractivity contribution in [3.05, 3.63) is 59.7 Å². The van der Waals surface area contributed by atoms with Crippen LogP contribution in [0.1, 0.15) is 30.4 Å². The maximum atomic E-state index is 12.7. The molecule has 3 N–H and O–H groups in total. The quantitative estimate of drug-likeness (QED) is 0.356. The molecule has 194 valence electrons. The average Bonchev–Trinajstić information content (AvgIpc) is 3.08. The number of benzene rings is 2. The Kier molecular flexibility index (Phi) is 8.29. The predicted molar refractivity (Wildman–Crippen MR) is 129 cm³/mol. The van der Waals surface area contributed by atoms with Gasteiger partial charge in [0.25, 0.3) is 20.2 Å². The number of fused-ring (bicyclic) bond motifs is 3. The fourth-order valence-electron chi connectivity index (χ4n) is 4.17. The molecule has 0 radical (unpaired) electrons. The van der Waals surface area contributed by atoms with E-state index in [0.29, 0.717) is 0 Å². The number of carbonyl (C=O) groups excluding carboxylic acids is 3. The highest BCUT2D eigenvalue weighted by molar-refractivity contribution is 7.86. The molecule has 0 aromatic heterocycles. The Labute approximate surface area is 208 Å². The molecule has 2 aromatic rings. The van der Waals surface area contributed by atoms with Gasteiger partial charge >= 0.3 is 6.09 Å². The minimum Gasteiger partial charge on any atom is -0.449 e. The molecule has 0 fully saturated rings. The molecular formula is C23H25NO10S2. The Balaban J connectivity index is 1.72. The van der Waals surface area contributed by atoms with Gasteiger partial charge in [0.1, 0.15) is 24.2 Å². The average molecular weight is 540 g/mol. The van der Waals surface area contributed by atoms with Crippen LogP contribution < -0.4 is 5.32 Å². The summed E-state index contributed by atoms with van der Waals surface area (Å²) < 4.78 is 68.7. The van der Waals surface area contributed by atoms with Crippen molar-refractivity contribution in [3.8, 4) is 11.1 Å². The predicted octanol–water partition coefficient (Wildman–Crippen LogP) is 1.83. The van der Waals surface area contributed by atoms with Gasteiger partial charge in [0, 0.05) is 18.3 Å². The molecule has 1 aliphatic carbocycles. The van der Waals surface area contributed by atoms with Gasteiger partial charge in [-0.25, -0.2) is 4.79 Å². The molecule has 0 saturated heterocycles. The molecule has 2 aromatic carbocycles. The second-order valence-electron chi connectivity index (χ2n) is 8.50. The number of Topliss-reactive ketones (excluding diaryl/α,β-unsaturated/α-hetero) is 2. The van der Waals surface area contributed by atoms with Crippen molar-refractivity contribution in [2.45, 2.75) is 25.3 Å². The van der Waals surface area contributed by atoms with Crippen LogP contribution in [-0.4, -0.2) is 67.8 Å². The first-order valence-corrected chi connectivity index (χ1v) is 14.0. The van der Waals surface area contributed by atoms with E-state index < -0.39 is 67.8 Å². The van der Waals surface area contributed by atoms with E-state index in [1.165, 1.54) is 0 Å². The highest BCUT2D eigenvalue weighted by Gasteiger charge is 2.33. The van der Waals surface area contributed by atoms with E-state index in [9.17, 15) is 35.8 Å². The Bertz CT molecular complexity index is 1340. The third kappa shape index (κ3) is 7.20. The van der Waals surface area contributed by atoms with Crippen molar-refractivity contribution in [1.82, 2.24) is 5.32 Å². The number of amides is 1. The molecule has 3 rings (SSSR count). The van der Waals surface area contributed by atoms with Crippen LogP contribution >= 0.6 is 0 Å². The molecule has 11 nitrogen and oxygen atoms in total. The van der Waals surface area contributed by atoms with Crippen molar-refractivity contribution >= 4 is 37.9 Å². The molecule has 0 heterocycles. The second kappa shape index (κ2) is 10.9. The van der Waals surface area contributed by atoms with Crippen LogP contribution in [0.15, 0.2) is 48.5 Å². The summed E-state index contributed by atoms with van der Waals surface area (Å²) in [6, 6.07) is 13.3. The van der Waals surface area contributed by atoms with Gasteiger partial charge in [-0.2, -0.15) is 16.8 Å². The zero-order valence-corrected chi connectivity index (χ0v) is 20.8. The number of alkyl carbamates (subject to hydrolysis) is 1. The summed E-state index contributed by atoms with van der Waals surface area (Å²) in [4.78, 5) is 36.9. The molecule has 1 amide bonds. The summed E-state index contributed by atoms with van der Waals surface area (Å²) in [7, 11) is -9.38. The van der Waals surface area contributed by atoms with Gasteiger partial charge < -0.3 is 10.1 Å². The molecular weight excluding hydrogens is 514 g/mol. The van der Waals surface area contributed by atoms with Crippen molar-refractivity contribution in [2.75, 3.05) is 18.1 Å². The lowest BCUT2D eigenvalue weighted by molar-refractivity contribution is -0.126. The highest BCUT2D eigenvalue weighted by Crippen LogP contribution is 2.44. The molecule has 0 bridgehead atoms. The number of hydrogen-bond acceptors (Lipinski definition) is 8. The largest absolute Gasteiger partial charge is 0.449 e. The SMILES string of the molecule is CC(=O)[C@@H](CC(=O)[C@H](CS(=O)(=O)O)NC(=O)OCC1c2ccccc2-c2ccccc21)CS(=O)(=O)O. The lowest BCUT2D eigenvalue weighted by Gasteiger charge is -2.20. The lowest BCUT2D eigenvalue weighted by atomic mass is 9.97. The fraction of sp³-hybridized carbons (Fsp3) is 0.348. The summed E-state index contributed by atoms with van der Waals surface area (Å²) in [6.45, 7) is 0.866. The van der Waals surface area contributed by atoms with E-state index in [1.807, 2.05) is 48.5 Å². The van der Waals surface area contributed by atoms with Gasteiger partial charge in [-0.3, -0.25) is 18.7 Å². The molecule has 2 atom stereocenters. The van der Waals surface area contributed by atoms with Crippen LogP contribution in [0.3, 0.4) is 0 Å². The van der Waals surface area contributed by atoms with Crippen LogP contribution in [0.4, 0.5) is 4.79 Å². The standard InChI is InChI=1S/C23H25NO10S2/c1-14(25)15(12-35(28,29)30)10-22(26)21(13-36(31,32)33)24-23(27)34-11-20-18-8-4-2-6-16(18)17-7-3-5-9-19(17)20/h2-9,15,20-21H,10-13H2,1H3,(H,24,27)(H,28,29,30)(H,31,32,33)/t15-,21-/m0/s1. The molecule has 13 heteroatoms. The van der Waals surface area contributed by atoms with Crippen molar-refractivity contribution in [2.24, 2.45) is 5.92 Å². The number of nitrogens with one attached hydrogen (secondary N) is 1. The van der Waals surface area contributed by atoms with Gasteiger partial charge in [0.05, 0.1) is 5.75 Å². The number of ether oxygens (including phenoxy) is 1. The third-order valence-corrected chi connectivity index (χ3v) is 7.41. The first kappa shape index (κ1) is 27.5. The smallest absolute Gasteiger partial charge is 0.407 e. The van der Waals surface area contributed by atoms with Crippen LogP contribution in [-0.2, 0) is 34.6 Å². The van der Waals surface area contributed by atoms with Crippen LogP contribution in [0.2, 0.25) is 0 Å². The Morgan fingerprint density at radius 2 is 1.39 bits per heavy atom. The highest BCUT2D eigenvalue weighted by atomic mass is 32.2. The van der Waals surface area contributed by atoms with Crippen molar-refractivity contribution in [1.29, 1.82) is 0 Å². The van der Waals surface area contributed by atoms with E-state index in [2.05, 4.69) is 5.32 Å². The van der Waals surface area contributed by atoms with Gasteiger partial charge in [-0.1, -0.05) is 48.5 Å². The van der Waals surface area contributed by atoms with E-state index in [-0.39, 0.29) is 12.5 Å². The molecule has 1 aliphatic rings. The number of ketones is 2. The molecule has 0 saturated carbocycles. The third-order valence-electron chi connectivity index (χ3n) is 5.84. The molecule has 36 heavy (non-hydrogen) atoms. The monoisotopic (exact) mass is 539 g/mol. The van der Waals surface area contributed by atoms with Crippen molar-refractivity contribution in [3.63, 3.8) is 0 Å². The second-order valence-corrected chi connectivity index (χ2v) is 11.5. The van der Waals surface area contributed by atoms with E-state index >= 15 is 0 Å². The first-order valence-electron chi connectivity index (χ1n) is 10.8. The molecule has 0 spiro atoms. The fourth-order valence-corrected chi connectivity index (χ4v) is 5.72. The van der Waals surface area contributed by atoms with Crippen LogP contribution in [0.25, 0.3) is 11.1 Å². The number of rotatable bonds is 11. The summed E-state index contributed by atoms with van der Waals surface area (Å²) in [5.74, 6) is -5.83. The zero-order valence-electron chi connectivity index (χ0n) is 19.2. The Morgan fingerprint density at radius 3 is 1.86 bits per heavy atom. The maximum Gasteiger partial charge on any atom is 0.407 e. The maximum absolute atomic E-state index is 12.7. The molecule has 0 unspecified atom stereocenters.